The first-order valence-electron chi connectivity index (χ1n) is 8.20. The van der Waals surface area contributed by atoms with Crippen LogP contribution in [0.5, 0.6) is 5.75 Å². The standard InChI is InChI=1S/C17H28N2O4S/c1-13-6-7-16(23-5)17(10-13)24(20,21)18-11-14(2)19(8-9-22-4)15(3)12-18/h6-7,10,14-15H,8-9,11-12H2,1-5H3. The number of sulfonamides is 1. The number of hydrogen-bond acceptors (Lipinski definition) is 5. The molecule has 2 unspecified atom stereocenters. The molecule has 136 valence electrons. The molecular formula is C17H28N2O4S. The van der Waals surface area contributed by atoms with Crippen molar-refractivity contribution in [2.45, 2.75) is 37.8 Å². The van der Waals surface area contributed by atoms with Gasteiger partial charge in [-0.3, -0.25) is 4.90 Å². The predicted octanol–water partition coefficient (Wildman–Crippen LogP) is 1.73. The smallest absolute Gasteiger partial charge is 0.246 e. The first-order valence-corrected chi connectivity index (χ1v) is 9.64. The number of ether oxygens (including phenoxy) is 2. The number of benzene rings is 1. The van der Waals surface area contributed by atoms with Crippen LogP contribution in [0.1, 0.15) is 19.4 Å². The van der Waals surface area contributed by atoms with Crippen LogP contribution in [-0.4, -0.2) is 70.2 Å². The number of aryl methyl sites for hydroxylation is 1. The number of nitrogens with zero attached hydrogens (tertiary/aromatic N) is 2. The van der Waals surface area contributed by atoms with Crippen molar-refractivity contribution in [1.29, 1.82) is 0 Å². The Morgan fingerprint density at radius 3 is 2.33 bits per heavy atom. The van der Waals surface area contributed by atoms with Crippen molar-refractivity contribution in [1.82, 2.24) is 9.21 Å². The van der Waals surface area contributed by atoms with Crippen LogP contribution < -0.4 is 4.74 Å². The van der Waals surface area contributed by atoms with E-state index in [0.29, 0.717) is 25.4 Å². The molecule has 0 saturated carbocycles. The van der Waals surface area contributed by atoms with Crippen molar-refractivity contribution in [2.75, 3.05) is 40.5 Å². The van der Waals surface area contributed by atoms with Crippen molar-refractivity contribution in [3.8, 4) is 5.75 Å². The Hall–Kier alpha value is -1.15. The molecule has 2 rings (SSSR count). The zero-order chi connectivity index (χ0) is 17.9. The van der Waals surface area contributed by atoms with Crippen LogP contribution in [0.25, 0.3) is 0 Å². The lowest BCUT2D eigenvalue weighted by Crippen LogP contribution is -2.58. The van der Waals surface area contributed by atoms with Gasteiger partial charge in [0, 0.05) is 38.8 Å². The van der Waals surface area contributed by atoms with Gasteiger partial charge >= 0.3 is 0 Å². The third kappa shape index (κ3) is 3.91. The molecule has 1 aliphatic heterocycles. The topological polar surface area (TPSA) is 59.1 Å². The fourth-order valence-electron chi connectivity index (χ4n) is 3.27. The minimum absolute atomic E-state index is 0.134. The molecule has 2 atom stereocenters. The van der Waals surface area contributed by atoms with Crippen LogP contribution >= 0.6 is 0 Å². The molecule has 0 radical (unpaired) electrons. The number of methoxy groups -OCH3 is 2. The summed E-state index contributed by atoms with van der Waals surface area (Å²) in [6, 6.07) is 5.51. The van der Waals surface area contributed by atoms with Crippen LogP contribution in [0.4, 0.5) is 0 Å². The van der Waals surface area contributed by atoms with Crippen LogP contribution in [0, 0.1) is 6.92 Å². The van der Waals surface area contributed by atoms with E-state index < -0.39 is 10.0 Å². The molecule has 1 heterocycles. The summed E-state index contributed by atoms with van der Waals surface area (Å²) in [5.41, 5.74) is 0.897. The summed E-state index contributed by atoms with van der Waals surface area (Å²) in [5.74, 6) is 0.391. The summed E-state index contributed by atoms with van der Waals surface area (Å²) in [6.45, 7) is 8.38. The Kier molecular flexibility index (Phi) is 6.25. The first-order chi connectivity index (χ1) is 11.3. The van der Waals surface area contributed by atoms with Gasteiger partial charge in [-0.1, -0.05) is 6.07 Å². The predicted molar refractivity (Wildman–Crippen MR) is 94.0 cm³/mol. The summed E-state index contributed by atoms with van der Waals surface area (Å²) in [5, 5.41) is 0. The van der Waals surface area contributed by atoms with E-state index in [1.54, 1.807) is 23.5 Å². The van der Waals surface area contributed by atoms with Crippen LogP contribution in [-0.2, 0) is 14.8 Å². The van der Waals surface area contributed by atoms with Crippen LogP contribution in [0.15, 0.2) is 23.1 Å². The van der Waals surface area contributed by atoms with E-state index >= 15 is 0 Å². The molecular weight excluding hydrogens is 328 g/mol. The second-order valence-electron chi connectivity index (χ2n) is 6.41. The monoisotopic (exact) mass is 356 g/mol. The maximum atomic E-state index is 13.1. The Balaban J connectivity index is 2.27. The van der Waals surface area contributed by atoms with Gasteiger partial charge < -0.3 is 9.47 Å². The molecule has 0 amide bonds. The first kappa shape index (κ1) is 19.2. The zero-order valence-corrected chi connectivity index (χ0v) is 16.0. The molecule has 7 heteroatoms. The zero-order valence-electron chi connectivity index (χ0n) is 15.2. The lowest BCUT2D eigenvalue weighted by atomic mass is 10.1. The Labute approximate surface area is 145 Å². The molecule has 1 saturated heterocycles. The summed E-state index contributed by atoms with van der Waals surface area (Å²) in [6.07, 6.45) is 0. The largest absolute Gasteiger partial charge is 0.495 e. The highest BCUT2D eigenvalue weighted by Crippen LogP contribution is 2.30. The van der Waals surface area contributed by atoms with Crippen LogP contribution in [0.3, 0.4) is 0 Å². The van der Waals surface area contributed by atoms with Crippen molar-refractivity contribution < 1.29 is 17.9 Å². The molecule has 1 aliphatic rings. The van der Waals surface area contributed by atoms with Gasteiger partial charge in [-0.25, -0.2) is 8.42 Å². The van der Waals surface area contributed by atoms with Crippen molar-refractivity contribution in [3.05, 3.63) is 23.8 Å². The summed E-state index contributed by atoms with van der Waals surface area (Å²) in [4.78, 5) is 2.54. The number of hydrogen-bond donors (Lipinski definition) is 0. The Bertz CT molecular complexity index is 651. The molecule has 0 N–H and O–H groups in total. The van der Waals surface area contributed by atoms with E-state index in [9.17, 15) is 8.42 Å². The molecule has 6 nitrogen and oxygen atoms in total. The van der Waals surface area contributed by atoms with Crippen molar-refractivity contribution in [3.63, 3.8) is 0 Å². The molecule has 24 heavy (non-hydrogen) atoms. The van der Waals surface area contributed by atoms with Gasteiger partial charge in [-0.05, 0) is 38.5 Å². The molecule has 1 aromatic rings. The quantitative estimate of drug-likeness (QED) is 0.777. The van der Waals surface area contributed by atoms with Gasteiger partial charge in [0.2, 0.25) is 10.0 Å². The second kappa shape index (κ2) is 7.82. The average Bonchev–Trinajstić information content (AvgIpc) is 2.54. The molecule has 0 spiro atoms. The fourth-order valence-corrected chi connectivity index (χ4v) is 5.11. The lowest BCUT2D eigenvalue weighted by molar-refractivity contribution is 0.0495. The van der Waals surface area contributed by atoms with E-state index in [1.165, 1.54) is 7.11 Å². The fraction of sp³-hybridized carbons (Fsp3) is 0.647. The Morgan fingerprint density at radius 1 is 1.17 bits per heavy atom. The van der Waals surface area contributed by atoms with Gasteiger partial charge in [0.05, 0.1) is 13.7 Å². The molecule has 0 aromatic heterocycles. The van der Waals surface area contributed by atoms with E-state index in [1.807, 2.05) is 13.0 Å². The van der Waals surface area contributed by atoms with E-state index in [2.05, 4.69) is 18.7 Å². The van der Waals surface area contributed by atoms with E-state index in [0.717, 1.165) is 12.1 Å². The second-order valence-corrected chi connectivity index (χ2v) is 8.31. The van der Waals surface area contributed by atoms with E-state index in [4.69, 9.17) is 9.47 Å². The van der Waals surface area contributed by atoms with Crippen LogP contribution in [0.2, 0.25) is 0 Å². The maximum absolute atomic E-state index is 13.1. The minimum atomic E-state index is -3.59. The van der Waals surface area contributed by atoms with Gasteiger partial charge in [0.1, 0.15) is 10.6 Å². The number of rotatable bonds is 6. The van der Waals surface area contributed by atoms with E-state index in [-0.39, 0.29) is 17.0 Å². The number of piperazine rings is 1. The maximum Gasteiger partial charge on any atom is 0.246 e. The molecule has 1 fully saturated rings. The molecule has 0 bridgehead atoms. The lowest BCUT2D eigenvalue weighted by Gasteiger charge is -2.43. The van der Waals surface area contributed by atoms with Gasteiger partial charge in [-0.2, -0.15) is 4.31 Å². The SMILES string of the molecule is COCCN1C(C)CN(S(=O)(=O)c2cc(C)ccc2OC)CC1C. The molecule has 0 aliphatic carbocycles. The highest BCUT2D eigenvalue weighted by Gasteiger charge is 2.37. The highest BCUT2D eigenvalue weighted by atomic mass is 32.2. The minimum Gasteiger partial charge on any atom is -0.495 e. The third-order valence-electron chi connectivity index (χ3n) is 4.56. The molecule has 1 aromatic carbocycles. The average molecular weight is 356 g/mol. The van der Waals surface area contributed by atoms with Crippen molar-refractivity contribution in [2.24, 2.45) is 0 Å². The highest BCUT2D eigenvalue weighted by molar-refractivity contribution is 7.89. The normalized spacial score (nSPS) is 23.4. The van der Waals surface area contributed by atoms with Gasteiger partial charge in [0.25, 0.3) is 0 Å². The Morgan fingerprint density at radius 2 is 1.79 bits per heavy atom. The summed E-state index contributed by atoms with van der Waals surface area (Å²) in [7, 11) is -0.408. The van der Waals surface area contributed by atoms with Crippen molar-refractivity contribution >= 4 is 10.0 Å². The summed E-state index contributed by atoms with van der Waals surface area (Å²) >= 11 is 0. The van der Waals surface area contributed by atoms with Gasteiger partial charge in [-0.15, -0.1) is 0 Å². The summed E-state index contributed by atoms with van der Waals surface area (Å²) < 4.78 is 38.3. The third-order valence-corrected chi connectivity index (χ3v) is 6.41. The van der Waals surface area contributed by atoms with Gasteiger partial charge in [0.15, 0.2) is 0 Å².